The lowest BCUT2D eigenvalue weighted by Gasteiger charge is -2.10. The topological polar surface area (TPSA) is 58.2 Å². The highest BCUT2D eigenvalue weighted by Crippen LogP contribution is 2.26. The first kappa shape index (κ1) is 17.7. The number of benzene rings is 2. The second-order valence-corrected chi connectivity index (χ2v) is 6.61. The van der Waals surface area contributed by atoms with Gasteiger partial charge in [-0.3, -0.25) is 9.59 Å². The molecule has 0 atom stereocenters. The summed E-state index contributed by atoms with van der Waals surface area (Å²) in [6.07, 6.45) is 1.22. The smallest absolute Gasteiger partial charge is 0.255 e. The van der Waals surface area contributed by atoms with Crippen LogP contribution in [0.1, 0.15) is 30.1 Å². The van der Waals surface area contributed by atoms with E-state index in [0.29, 0.717) is 28.4 Å². The quantitative estimate of drug-likeness (QED) is 0.645. The third-order valence-corrected chi connectivity index (χ3v) is 4.13. The van der Waals surface area contributed by atoms with E-state index in [2.05, 4.69) is 33.2 Å². The standard InChI is InChI=1S/C17H16ClIN2O2/c1-2-3-16(22)20-13-8-9-14(18)15(10-13)21-17(23)11-4-6-12(19)7-5-11/h4-10H,2-3H2,1H3,(H,20,22)(H,21,23). The van der Waals surface area contributed by atoms with Crippen molar-refractivity contribution in [1.29, 1.82) is 0 Å². The minimum Gasteiger partial charge on any atom is -0.326 e. The highest BCUT2D eigenvalue weighted by atomic mass is 127. The van der Waals surface area contributed by atoms with Gasteiger partial charge in [-0.1, -0.05) is 18.5 Å². The highest BCUT2D eigenvalue weighted by molar-refractivity contribution is 14.1. The monoisotopic (exact) mass is 442 g/mol. The number of hydrogen-bond acceptors (Lipinski definition) is 2. The van der Waals surface area contributed by atoms with E-state index in [1.807, 2.05) is 19.1 Å². The first-order valence-corrected chi connectivity index (χ1v) is 8.61. The van der Waals surface area contributed by atoms with E-state index in [1.54, 1.807) is 30.3 Å². The maximum absolute atomic E-state index is 12.3. The van der Waals surface area contributed by atoms with E-state index < -0.39 is 0 Å². The predicted molar refractivity (Wildman–Crippen MR) is 102 cm³/mol. The molecule has 0 saturated heterocycles. The van der Waals surface area contributed by atoms with Crippen LogP contribution in [0.5, 0.6) is 0 Å². The molecule has 0 aliphatic carbocycles. The summed E-state index contributed by atoms with van der Waals surface area (Å²) in [5, 5.41) is 5.96. The van der Waals surface area contributed by atoms with Crippen molar-refractivity contribution in [3.8, 4) is 0 Å². The van der Waals surface area contributed by atoms with Crippen LogP contribution >= 0.6 is 34.2 Å². The number of hydrogen-bond donors (Lipinski definition) is 2. The number of nitrogens with one attached hydrogen (secondary N) is 2. The number of carbonyl (C=O) groups is 2. The summed E-state index contributed by atoms with van der Waals surface area (Å²) in [6.45, 7) is 1.94. The van der Waals surface area contributed by atoms with Gasteiger partial charge in [0, 0.05) is 21.2 Å². The molecule has 0 aliphatic rings. The van der Waals surface area contributed by atoms with Crippen molar-refractivity contribution in [3.63, 3.8) is 0 Å². The van der Waals surface area contributed by atoms with Crippen molar-refractivity contribution in [2.45, 2.75) is 19.8 Å². The second-order valence-electron chi connectivity index (χ2n) is 4.95. The highest BCUT2D eigenvalue weighted by Gasteiger charge is 2.10. The van der Waals surface area contributed by atoms with Crippen LogP contribution in [-0.2, 0) is 4.79 Å². The van der Waals surface area contributed by atoms with E-state index in [-0.39, 0.29) is 11.8 Å². The zero-order valence-corrected chi connectivity index (χ0v) is 15.4. The van der Waals surface area contributed by atoms with Gasteiger partial charge in [-0.15, -0.1) is 0 Å². The fourth-order valence-corrected chi connectivity index (χ4v) is 2.47. The summed E-state index contributed by atoms with van der Waals surface area (Å²) >= 11 is 8.30. The average molecular weight is 443 g/mol. The van der Waals surface area contributed by atoms with Crippen molar-refractivity contribution in [1.82, 2.24) is 0 Å². The molecule has 0 aliphatic heterocycles. The van der Waals surface area contributed by atoms with E-state index >= 15 is 0 Å². The lowest BCUT2D eigenvalue weighted by atomic mass is 10.2. The molecule has 4 nitrogen and oxygen atoms in total. The van der Waals surface area contributed by atoms with Gasteiger partial charge in [0.15, 0.2) is 0 Å². The Balaban J connectivity index is 2.13. The van der Waals surface area contributed by atoms with Crippen LogP contribution in [0.15, 0.2) is 42.5 Å². The largest absolute Gasteiger partial charge is 0.326 e. The zero-order chi connectivity index (χ0) is 16.8. The van der Waals surface area contributed by atoms with Crippen LogP contribution in [0, 0.1) is 3.57 Å². The van der Waals surface area contributed by atoms with Gasteiger partial charge in [-0.25, -0.2) is 0 Å². The number of halogens is 2. The van der Waals surface area contributed by atoms with Gasteiger partial charge in [0.2, 0.25) is 5.91 Å². The summed E-state index contributed by atoms with van der Waals surface area (Å²) in [7, 11) is 0. The van der Waals surface area contributed by atoms with Gasteiger partial charge in [0.05, 0.1) is 10.7 Å². The molecule has 0 unspecified atom stereocenters. The van der Waals surface area contributed by atoms with E-state index in [4.69, 9.17) is 11.6 Å². The molecule has 0 heterocycles. The Bertz CT molecular complexity index is 717. The third-order valence-electron chi connectivity index (χ3n) is 3.08. The molecule has 6 heteroatoms. The van der Waals surface area contributed by atoms with E-state index in [0.717, 1.165) is 9.99 Å². The van der Waals surface area contributed by atoms with Crippen LogP contribution in [0.4, 0.5) is 11.4 Å². The number of carbonyl (C=O) groups excluding carboxylic acids is 2. The Morgan fingerprint density at radius 3 is 2.43 bits per heavy atom. The van der Waals surface area contributed by atoms with Crippen molar-refractivity contribution in [2.75, 3.05) is 10.6 Å². The number of amides is 2. The second kappa shape index (κ2) is 8.31. The van der Waals surface area contributed by atoms with Gasteiger partial charge in [0.25, 0.3) is 5.91 Å². The molecular weight excluding hydrogens is 427 g/mol. The predicted octanol–water partition coefficient (Wildman–Crippen LogP) is 4.94. The molecule has 2 rings (SSSR count). The van der Waals surface area contributed by atoms with Crippen LogP contribution in [0.3, 0.4) is 0 Å². The van der Waals surface area contributed by atoms with Gasteiger partial charge in [-0.2, -0.15) is 0 Å². The molecule has 23 heavy (non-hydrogen) atoms. The Kier molecular flexibility index (Phi) is 6.41. The lowest BCUT2D eigenvalue weighted by molar-refractivity contribution is -0.116. The van der Waals surface area contributed by atoms with Gasteiger partial charge in [-0.05, 0) is 71.5 Å². The molecule has 2 amide bonds. The van der Waals surface area contributed by atoms with E-state index in [1.165, 1.54) is 0 Å². The molecule has 0 bridgehead atoms. The SMILES string of the molecule is CCCC(=O)Nc1ccc(Cl)c(NC(=O)c2ccc(I)cc2)c1. The molecule has 0 radical (unpaired) electrons. The first-order valence-electron chi connectivity index (χ1n) is 7.16. The molecule has 2 aromatic carbocycles. The summed E-state index contributed by atoms with van der Waals surface area (Å²) in [6, 6.07) is 12.2. The Morgan fingerprint density at radius 1 is 1.09 bits per heavy atom. The average Bonchev–Trinajstić information content (AvgIpc) is 2.51. The maximum atomic E-state index is 12.3. The Hall–Kier alpha value is -1.60. The summed E-state index contributed by atoms with van der Waals surface area (Å²) in [5.41, 5.74) is 1.61. The minimum absolute atomic E-state index is 0.0651. The molecule has 2 aromatic rings. The molecular formula is C17H16ClIN2O2. The van der Waals surface area contributed by atoms with Gasteiger partial charge >= 0.3 is 0 Å². The molecule has 0 saturated carbocycles. The normalized spacial score (nSPS) is 10.2. The van der Waals surface area contributed by atoms with E-state index in [9.17, 15) is 9.59 Å². The van der Waals surface area contributed by atoms with Crippen molar-refractivity contribution in [2.24, 2.45) is 0 Å². The summed E-state index contributed by atoms with van der Waals surface area (Å²) < 4.78 is 1.05. The molecule has 120 valence electrons. The minimum atomic E-state index is -0.250. The zero-order valence-electron chi connectivity index (χ0n) is 12.5. The molecule has 0 aromatic heterocycles. The fraction of sp³-hybridized carbons (Fsp3) is 0.176. The molecule has 0 spiro atoms. The molecule has 2 N–H and O–H groups in total. The Morgan fingerprint density at radius 2 is 1.78 bits per heavy atom. The lowest BCUT2D eigenvalue weighted by Crippen LogP contribution is -2.14. The van der Waals surface area contributed by atoms with Crippen LogP contribution in [0.2, 0.25) is 5.02 Å². The fourth-order valence-electron chi connectivity index (χ4n) is 1.95. The van der Waals surface area contributed by atoms with Gasteiger partial charge < -0.3 is 10.6 Å². The maximum Gasteiger partial charge on any atom is 0.255 e. The summed E-state index contributed by atoms with van der Waals surface area (Å²) in [5.74, 6) is -0.315. The van der Waals surface area contributed by atoms with Gasteiger partial charge in [0.1, 0.15) is 0 Å². The van der Waals surface area contributed by atoms with Crippen molar-refractivity contribution < 1.29 is 9.59 Å². The Labute approximate surface area is 153 Å². The third kappa shape index (κ3) is 5.21. The van der Waals surface area contributed by atoms with Crippen LogP contribution in [0.25, 0.3) is 0 Å². The first-order chi connectivity index (χ1) is 11.0. The van der Waals surface area contributed by atoms with Crippen LogP contribution in [-0.4, -0.2) is 11.8 Å². The molecule has 0 fully saturated rings. The van der Waals surface area contributed by atoms with Crippen LogP contribution < -0.4 is 10.6 Å². The summed E-state index contributed by atoms with van der Waals surface area (Å²) in [4.78, 5) is 23.9. The number of anilines is 2. The number of rotatable bonds is 5. The van der Waals surface area contributed by atoms with Crippen molar-refractivity contribution >= 4 is 57.4 Å². The van der Waals surface area contributed by atoms with Crippen molar-refractivity contribution in [3.05, 3.63) is 56.6 Å².